The van der Waals surface area contributed by atoms with Crippen molar-refractivity contribution in [2.45, 2.75) is 0 Å². The number of fused-ring (bicyclic) bond motifs is 1. The van der Waals surface area contributed by atoms with Crippen LogP contribution < -0.4 is 5.32 Å². The number of carbonyl (C=O) groups excluding carboxylic acids is 1. The van der Waals surface area contributed by atoms with Crippen LogP contribution in [-0.4, -0.2) is 52.9 Å². The van der Waals surface area contributed by atoms with E-state index < -0.39 is 5.82 Å². The fourth-order valence-corrected chi connectivity index (χ4v) is 4.38. The van der Waals surface area contributed by atoms with Gasteiger partial charge in [-0.15, -0.1) is 0 Å². The first kappa shape index (κ1) is 25.4. The second kappa shape index (κ2) is 11.0. The second-order valence-electron chi connectivity index (χ2n) is 9.16. The third-order valence-electron chi connectivity index (χ3n) is 6.14. The maximum atomic E-state index is 14.7. The molecule has 0 bridgehead atoms. The summed E-state index contributed by atoms with van der Waals surface area (Å²) in [6.07, 6.45) is 5.16. The minimum atomic E-state index is -0.421. The van der Waals surface area contributed by atoms with Crippen LogP contribution in [0.1, 0.15) is 10.4 Å². The summed E-state index contributed by atoms with van der Waals surface area (Å²) in [6.45, 7) is 1.32. The summed E-state index contributed by atoms with van der Waals surface area (Å²) in [4.78, 5) is 28.2. The summed E-state index contributed by atoms with van der Waals surface area (Å²) in [5.41, 5.74) is 5.10. The van der Waals surface area contributed by atoms with Gasteiger partial charge in [-0.2, -0.15) is 0 Å². The Labute approximate surface area is 225 Å². The van der Waals surface area contributed by atoms with Crippen molar-refractivity contribution in [1.29, 1.82) is 0 Å². The minimum absolute atomic E-state index is 0.128. The Morgan fingerprint density at radius 2 is 1.79 bits per heavy atom. The highest BCUT2D eigenvalue weighted by Gasteiger charge is 2.15. The largest absolute Gasteiger partial charge is 0.351 e. The van der Waals surface area contributed by atoms with Crippen LogP contribution in [0.2, 0.25) is 5.02 Å². The molecule has 0 radical (unpaired) electrons. The highest BCUT2D eigenvalue weighted by Crippen LogP contribution is 2.34. The molecule has 3 aromatic heterocycles. The zero-order chi connectivity index (χ0) is 26.6. The molecule has 8 heteroatoms. The molecule has 38 heavy (non-hydrogen) atoms. The number of aromatic nitrogens is 3. The van der Waals surface area contributed by atoms with Gasteiger partial charge in [0.1, 0.15) is 5.82 Å². The van der Waals surface area contributed by atoms with Crippen LogP contribution in [0.4, 0.5) is 4.39 Å². The van der Waals surface area contributed by atoms with Crippen LogP contribution in [-0.2, 0) is 0 Å². The molecule has 2 aromatic carbocycles. The number of carbonyl (C=O) groups is 1. The molecule has 0 saturated heterocycles. The van der Waals surface area contributed by atoms with Crippen molar-refractivity contribution in [3.05, 3.63) is 102 Å². The first-order chi connectivity index (χ1) is 18.4. The van der Waals surface area contributed by atoms with Gasteiger partial charge in [-0.1, -0.05) is 23.7 Å². The van der Waals surface area contributed by atoms with Crippen LogP contribution in [0, 0.1) is 5.82 Å². The van der Waals surface area contributed by atoms with E-state index in [1.807, 2.05) is 61.5 Å². The van der Waals surface area contributed by atoms with Crippen molar-refractivity contribution in [1.82, 2.24) is 25.2 Å². The normalized spacial score (nSPS) is 11.2. The van der Waals surface area contributed by atoms with E-state index in [0.717, 1.165) is 34.2 Å². The maximum absolute atomic E-state index is 14.7. The van der Waals surface area contributed by atoms with Crippen molar-refractivity contribution in [3.63, 3.8) is 0 Å². The Balaban J connectivity index is 1.55. The third kappa shape index (κ3) is 5.54. The average molecular weight is 526 g/mol. The number of rotatable bonds is 7. The molecule has 3 heterocycles. The molecule has 0 aliphatic carbocycles. The van der Waals surface area contributed by atoms with Crippen LogP contribution in [0.25, 0.3) is 44.5 Å². The zero-order valence-electron chi connectivity index (χ0n) is 21.0. The quantitative estimate of drug-likeness (QED) is 0.277. The fraction of sp³-hybridized carbons (Fsp3) is 0.133. The van der Waals surface area contributed by atoms with Gasteiger partial charge in [0.25, 0.3) is 5.91 Å². The van der Waals surface area contributed by atoms with Gasteiger partial charge < -0.3 is 10.2 Å². The maximum Gasteiger partial charge on any atom is 0.251 e. The summed E-state index contributed by atoms with van der Waals surface area (Å²) in [7, 11) is 3.92. The molecule has 0 aliphatic rings. The predicted octanol–water partition coefficient (Wildman–Crippen LogP) is 6.11. The number of nitrogens with zero attached hydrogens (tertiary/aromatic N) is 4. The van der Waals surface area contributed by atoms with Crippen LogP contribution in [0.3, 0.4) is 0 Å². The van der Waals surface area contributed by atoms with Crippen molar-refractivity contribution in [2.24, 2.45) is 0 Å². The Morgan fingerprint density at radius 1 is 0.947 bits per heavy atom. The SMILES string of the molecule is CN(C)CCNC(=O)c1cccc(-c2cncc(-c3cc(-c4cc(Cl)ccc4F)nc4ncccc34)c2)c1. The summed E-state index contributed by atoms with van der Waals surface area (Å²) < 4.78 is 14.7. The van der Waals surface area contributed by atoms with E-state index in [4.69, 9.17) is 11.6 Å². The number of nitrogens with one attached hydrogen (secondary N) is 1. The van der Waals surface area contributed by atoms with Gasteiger partial charge in [0.2, 0.25) is 0 Å². The molecule has 1 N–H and O–H groups in total. The zero-order valence-corrected chi connectivity index (χ0v) is 21.7. The predicted molar refractivity (Wildman–Crippen MR) is 149 cm³/mol. The number of pyridine rings is 3. The molecule has 190 valence electrons. The lowest BCUT2D eigenvalue weighted by Crippen LogP contribution is -2.31. The van der Waals surface area contributed by atoms with E-state index in [0.29, 0.717) is 34.0 Å². The van der Waals surface area contributed by atoms with Gasteiger partial charge in [0.05, 0.1) is 5.69 Å². The monoisotopic (exact) mass is 525 g/mol. The summed E-state index contributed by atoms with van der Waals surface area (Å²) in [6, 6.07) is 19.4. The molecule has 0 spiro atoms. The van der Waals surface area contributed by atoms with E-state index in [1.54, 1.807) is 30.7 Å². The molecule has 5 rings (SSSR count). The van der Waals surface area contributed by atoms with Crippen molar-refractivity contribution < 1.29 is 9.18 Å². The average Bonchev–Trinajstić information content (AvgIpc) is 2.93. The van der Waals surface area contributed by atoms with E-state index in [2.05, 4.69) is 20.3 Å². The highest BCUT2D eigenvalue weighted by molar-refractivity contribution is 6.30. The van der Waals surface area contributed by atoms with Crippen LogP contribution >= 0.6 is 11.6 Å². The molecule has 6 nitrogen and oxygen atoms in total. The van der Waals surface area contributed by atoms with Gasteiger partial charge in [0, 0.05) is 64.3 Å². The van der Waals surface area contributed by atoms with E-state index in [9.17, 15) is 9.18 Å². The van der Waals surface area contributed by atoms with Crippen molar-refractivity contribution in [3.8, 4) is 33.5 Å². The second-order valence-corrected chi connectivity index (χ2v) is 9.59. The molecule has 0 saturated carbocycles. The number of hydrogen-bond acceptors (Lipinski definition) is 5. The topological polar surface area (TPSA) is 71.0 Å². The van der Waals surface area contributed by atoms with Gasteiger partial charge in [-0.3, -0.25) is 9.78 Å². The smallest absolute Gasteiger partial charge is 0.251 e. The molecular weight excluding hydrogens is 501 g/mol. The van der Waals surface area contributed by atoms with Gasteiger partial charge in [-0.25, -0.2) is 14.4 Å². The number of likely N-dealkylation sites (N-methyl/N-ethyl adjacent to an activating group) is 1. The number of halogens is 2. The Kier molecular flexibility index (Phi) is 7.40. The molecule has 5 aromatic rings. The van der Waals surface area contributed by atoms with E-state index in [-0.39, 0.29) is 5.91 Å². The van der Waals surface area contributed by atoms with Gasteiger partial charge in [-0.05, 0) is 79.8 Å². The third-order valence-corrected chi connectivity index (χ3v) is 6.38. The number of benzene rings is 2. The van der Waals surface area contributed by atoms with Gasteiger partial charge >= 0.3 is 0 Å². The Hall–Kier alpha value is -4.20. The molecule has 1 amide bonds. The lowest BCUT2D eigenvalue weighted by molar-refractivity contribution is 0.0951. The molecule has 0 fully saturated rings. The lowest BCUT2D eigenvalue weighted by atomic mass is 9.97. The number of amides is 1. The first-order valence-corrected chi connectivity index (χ1v) is 12.5. The Bertz CT molecular complexity index is 1640. The number of hydrogen-bond donors (Lipinski definition) is 1. The fourth-order valence-electron chi connectivity index (χ4n) is 4.21. The minimum Gasteiger partial charge on any atom is -0.351 e. The first-order valence-electron chi connectivity index (χ1n) is 12.1. The van der Waals surface area contributed by atoms with Crippen molar-refractivity contribution >= 4 is 28.5 Å². The Morgan fingerprint density at radius 3 is 2.63 bits per heavy atom. The van der Waals surface area contributed by atoms with Crippen LogP contribution in [0.15, 0.2) is 85.3 Å². The molecule has 0 atom stereocenters. The summed E-state index contributed by atoms with van der Waals surface area (Å²) in [5.74, 6) is -0.548. The van der Waals surface area contributed by atoms with E-state index in [1.165, 1.54) is 12.1 Å². The highest BCUT2D eigenvalue weighted by atomic mass is 35.5. The molecule has 0 unspecified atom stereocenters. The van der Waals surface area contributed by atoms with Crippen molar-refractivity contribution in [2.75, 3.05) is 27.2 Å². The lowest BCUT2D eigenvalue weighted by Gasteiger charge is -2.12. The standard InChI is InChI=1S/C30H25ClFN5O/c1-37(2)12-11-35-30(38)20-6-3-5-19(13-20)21-14-22(18-33-17-21)25-16-28(26-15-23(31)8-9-27(26)32)36-29-24(25)7-4-10-34-29/h3-10,13-18H,11-12H2,1-2H3,(H,35,38). The summed E-state index contributed by atoms with van der Waals surface area (Å²) in [5, 5.41) is 4.17. The summed E-state index contributed by atoms with van der Waals surface area (Å²) >= 11 is 6.16. The molecule has 0 aliphatic heterocycles. The van der Waals surface area contributed by atoms with Crippen LogP contribution in [0.5, 0.6) is 0 Å². The van der Waals surface area contributed by atoms with E-state index >= 15 is 0 Å². The van der Waals surface area contributed by atoms with Gasteiger partial charge in [0.15, 0.2) is 5.65 Å². The molecular formula is C30H25ClFN5O.